The summed E-state index contributed by atoms with van der Waals surface area (Å²) in [4.78, 5) is 34.1. The van der Waals surface area contributed by atoms with Crippen LogP contribution in [0.15, 0.2) is 12.7 Å². The van der Waals surface area contributed by atoms with Gasteiger partial charge in [-0.15, -0.1) is 0 Å². The number of aliphatic hydroxyl groups is 3. The standard InChI is InChI=1S/C16H24O10/c1-3-9-13(20)15(14(21)16(22)25-9)26-12(19)6-5-11(18)24-8-7-23-10(17)4-2/h4,9,13-16,20-22H,2-3,5-8H2,1H3/t9?,13-,14?,15+,16+/m1/s1. The Morgan fingerprint density at radius 3 is 2.27 bits per heavy atom. The van der Waals surface area contributed by atoms with Crippen LogP contribution in [0.25, 0.3) is 0 Å². The van der Waals surface area contributed by atoms with Crippen LogP contribution in [-0.2, 0) is 33.3 Å². The van der Waals surface area contributed by atoms with Crippen LogP contribution in [0.4, 0.5) is 0 Å². The number of hydrogen-bond acceptors (Lipinski definition) is 10. The quantitative estimate of drug-likeness (QED) is 0.194. The molecule has 1 saturated heterocycles. The van der Waals surface area contributed by atoms with Gasteiger partial charge >= 0.3 is 17.9 Å². The molecule has 1 aliphatic rings. The molecule has 1 heterocycles. The minimum atomic E-state index is -1.61. The molecule has 0 aliphatic carbocycles. The minimum Gasteiger partial charge on any atom is -0.462 e. The predicted octanol–water partition coefficient (Wildman–Crippen LogP) is -1.20. The van der Waals surface area contributed by atoms with Crippen LogP contribution < -0.4 is 0 Å². The van der Waals surface area contributed by atoms with E-state index in [1.807, 2.05) is 0 Å². The van der Waals surface area contributed by atoms with Crippen LogP contribution in [0.5, 0.6) is 0 Å². The van der Waals surface area contributed by atoms with E-state index in [9.17, 15) is 29.7 Å². The molecule has 0 bridgehead atoms. The van der Waals surface area contributed by atoms with E-state index in [1.54, 1.807) is 6.92 Å². The lowest BCUT2D eigenvalue weighted by molar-refractivity contribution is -0.285. The zero-order chi connectivity index (χ0) is 19.7. The lowest BCUT2D eigenvalue weighted by Gasteiger charge is -2.39. The van der Waals surface area contributed by atoms with Crippen molar-refractivity contribution in [3.8, 4) is 0 Å². The molecule has 1 fully saturated rings. The summed E-state index contributed by atoms with van der Waals surface area (Å²) in [6, 6.07) is 0. The first-order chi connectivity index (χ1) is 12.3. The van der Waals surface area contributed by atoms with Crippen molar-refractivity contribution in [1.29, 1.82) is 0 Å². The van der Waals surface area contributed by atoms with Crippen LogP contribution >= 0.6 is 0 Å². The van der Waals surface area contributed by atoms with Crippen LogP contribution in [-0.4, -0.2) is 77.1 Å². The molecule has 3 N–H and O–H groups in total. The summed E-state index contributed by atoms with van der Waals surface area (Å²) < 4.78 is 19.3. The molecular formula is C16H24O10. The fourth-order valence-corrected chi connectivity index (χ4v) is 2.24. The normalized spacial score (nSPS) is 28.1. The SMILES string of the molecule is C=CC(=O)OCCOC(=O)CCC(=O)O[C@@H]1C(O)[C@@H](O)OC(CC)[C@H]1O. The molecule has 0 aromatic heterocycles. The Labute approximate surface area is 150 Å². The summed E-state index contributed by atoms with van der Waals surface area (Å²) in [5, 5.41) is 29.4. The van der Waals surface area contributed by atoms with Gasteiger partial charge in [-0.3, -0.25) is 9.59 Å². The lowest BCUT2D eigenvalue weighted by atomic mass is 9.97. The molecule has 5 atom stereocenters. The van der Waals surface area contributed by atoms with Gasteiger partial charge in [0.2, 0.25) is 0 Å². The highest BCUT2D eigenvalue weighted by Gasteiger charge is 2.45. The van der Waals surface area contributed by atoms with Gasteiger partial charge in [0.25, 0.3) is 0 Å². The number of rotatable bonds is 9. The molecule has 1 aliphatic heterocycles. The Morgan fingerprint density at radius 1 is 1.04 bits per heavy atom. The van der Waals surface area contributed by atoms with Gasteiger partial charge in [-0.05, 0) is 6.42 Å². The molecule has 1 rings (SSSR count). The number of esters is 3. The first kappa shape index (κ1) is 22.0. The van der Waals surface area contributed by atoms with Gasteiger partial charge in [0.1, 0.15) is 25.4 Å². The number of ether oxygens (including phenoxy) is 4. The average Bonchev–Trinajstić information content (AvgIpc) is 2.63. The summed E-state index contributed by atoms with van der Waals surface area (Å²) in [7, 11) is 0. The molecule has 0 amide bonds. The Hall–Kier alpha value is -2.01. The van der Waals surface area contributed by atoms with Gasteiger partial charge in [0, 0.05) is 6.08 Å². The van der Waals surface area contributed by atoms with Gasteiger partial charge < -0.3 is 34.3 Å². The zero-order valence-electron chi connectivity index (χ0n) is 14.4. The molecular weight excluding hydrogens is 352 g/mol. The van der Waals surface area contributed by atoms with E-state index in [4.69, 9.17) is 14.2 Å². The van der Waals surface area contributed by atoms with Gasteiger partial charge in [0.15, 0.2) is 12.4 Å². The second-order valence-corrected chi connectivity index (χ2v) is 5.50. The summed E-state index contributed by atoms with van der Waals surface area (Å²) >= 11 is 0. The Kier molecular flexibility index (Phi) is 9.21. The van der Waals surface area contributed by atoms with Crippen LogP contribution in [0.2, 0.25) is 0 Å². The molecule has 0 spiro atoms. The van der Waals surface area contributed by atoms with Crippen molar-refractivity contribution in [2.24, 2.45) is 0 Å². The second kappa shape index (κ2) is 10.9. The monoisotopic (exact) mass is 376 g/mol. The molecule has 0 aromatic carbocycles. The molecule has 0 radical (unpaired) electrons. The van der Waals surface area contributed by atoms with Gasteiger partial charge in [-0.25, -0.2) is 4.79 Å². The van der Waals surface area contributed by atoms with Crippen LogP contribution in [0, 0.1) is 0 Å². The summed E-state index contributed by atoms with van der Waals surface area (Å²) in [6.45, 7) is 4.59. The summed E-state index contributed by atoms with van der Waals surface area (Å²) in [5.41, 5.74) is 0. The van der Waals surface area contributed by atoms with E-state index in [0.29, 0.717) is 6.42 Å². The molecule has 148 valence electrons. The fourth-order valence-electron chi connectivity index (χ4n) is 2.24. The highest BCUT2D eigenvalue weighted by Crippen LogP contribution is 2.24. The maximum atomic E-state index is 11.8. The van der Waals surface area contributed by atoms with Crippen molar-refractivity contribution in [3.63, 3.8) is 0 Å². The van der Waals surface area contributed by atoms with E-state index in [1.165, 1.54) is 0 Å². The maximum Gasteiger partial charge on any atom is 0.330 e. The molecule has 0 saturated carbocycles. The van der Waals surface area contributed by atoms with Crippen molar-refractivity contribution in [2.75, 3.05) is 13.2 Å². The van der Waals surface area contributed by atoms with E-state index >= 15 is 0 Å². The first-order valence-corrected chi connectivity index (χ1v) is 8.14. The molecule has 0 aromatic rings. The van der Waals surface area contributed by atoms with Crippen LogP contribution in [0.1, 0.15) is 26.2 Å². The highest BCUT2D eigenvalue weighted by molar-refractivity contribution is 5.81. The van der Waals surface area contributed by atoms with Crippen molar-refractivity contribution in [1.82, 2.24) is 0 Å². The van der Waals surface area contributed by atoms with Gasteiger partial charge in [-0.2, -0.15) is 0 Å². The summed E-state index contributed by atoms with van der Waals surface area (Å²) in [6.07, 6.45) is -6.03. The van der Waals surface area contributed by atoms with Crippen molar-refractivity contribution < 1.29 is 48.7 Å². The molecule has 10 nitrogen and oxygen atoms in total. The third kappa shape index (κ3) is 6.71. The van der Waals surface area contributed by atoms with E-state index < -0.39 is 48.6 Å². The van der Waals surface area contributed by atoms with Crippen molar-refractivity contribution in [2.45, 2.75) is 56.9 Å². The molecule has 26 heavy (non-hydrogen) atoms. The van der Waals surface area contributed by atoms with Crippen LogP contribution in [0.3, 0.4) is 0 Å². The third-order valence-electron chi connectivity index (χ3n) is 3.62. The summed E-state index contributed by atoms with van der Waals surface area (Å²) in [5.74, 6) is -2.21. The average molecular weight is 376 g/mol. The number of hydrogen-bond donors (Lipinski definition) is 3. The number of carbonyl (C=O) groups excluding carboxylic acids is 3. The van der Waals surface area contributed by atoms with E-state index in [-0.39, 0.29) is 26.1 Å². The predicted molar refractivity (Wildman–Crippen MR) is 84.4 cm³/mol. The second-order valence-electron chi connectivity index (χ2n) is 5.50. The Bertz CT molecular complexity index is 505. The number of carbonyl (C=O) groups is 3. The zero-order valence-corrected chi connectivity index (χ0v) is 14.4. The minimum absolute atomic E-state index is 0.141. The smallest absolute Gasteiger partial charge is 0.330 e. The topological polar surface area (TPSA) is 149 Å². The van der Waals surface area contributed by atoms with Crippen molar-refractivity contribution >= 4 is 17.9 Å². The fraction of sp³-hybridized carbons (Fsp3) is 0.688. The Morgan fingerprint density at radius 2 is 1.65 bits per heavy atom. The highest BCUT2D eigenvalue weighted by atomic mass is 16.6. The first-order valence-electron chi connectivity index (χ1n) is 8.14. The third-order valence-corrected chi connectivity index (χ3v) is 3.62. The lowest BCUT2D eigenvalue weighted by Crippen LogP contribution is -2.58. The van der Waals surface area contributed by atoms with Gasteiger partial charge in [0.05, 0.1) is 18.9 Å². The Balaban J connectivity index is 2.35. The number of aliphatic hydroxyl groups excluding tert-OH is 3. The molecule has 2 unspecified atom stereocenters. The van der Waals surface area contributed by atoms with E-state index in [2.05, 4.69) is 11.3 Å². The molecule has 10 heteroatoms. The van der Waals surface area contributed by atoms with Crippen molar-refractivity contribution in [3.05, 3.63) is 12.7 Å². The largest absolute Gasteiger partial charge is 0.462 e. The van der Waals surface area contributed by atoms with E-state index in [0.717, 1.165) is 6.08 Å². The maximum absolute atomic E-state index is 11.8. The van der Waals surface area contributed by atoms with Gasteiger partial charge in [-0.1, -0.05) is 13.5 Å².